The molecule has 0 saturated heterocycles. The zero-order chi connectivity index (χ0) is 15.7. The molecule has 1 nitrogen and oxygen atoms in total. The fourth-order valence-electron chi connectivity index (χ4n) is 1.85. The van der Waals surface area contributed by atoms with Gasteiger partial charge in [0.1, 0.15) is 0 Å². The van der Waals surface area contributed by atoms with Gasteiger partial charge in [0.2, 0.25) is 0 Å². The zero-order valence-corrected chi connectivity index (χ0v) is 13.2. The third-order valence-corrected chi connectivity index (χ3v) is 3.71. The van der Waals surface area contributed by atoms with Crippen molar-refractivity contribution in [2.75, 3.05) is 6.61 Å². The van der Waals surface area contributed by atoms with E-state index in [1.165, 1.54) is 0 Å². The Hall–Kier alpha value is -0.960. The number of rotatable bonds is 10. The van der Waals surface area contributed by atoms with Crippen LogP contribution in [0.15, 0.2) is 36.5 Å². The van der Waals surface area contributed by atoms with Crippen molar-refractivity contribution in [2.24, 2.45) is 11.8 Å². The standard InChI is InChI=1S/C17H28F2O/c1-7-11-20-15(6)13(4)10-9-12(3)14(5)17(19)16(18)8-2/h8,12-13,15H,2,5,7,9-11H2,1,3-4,6H3/b17-16-. The first-order valence-corrected chi connectivity index (χ1v) is 7.33. The first-order chi connectivity index (χ1) is 9.34. The van der Waals surface area contributed by atoms with Gasteiger partial charge < -0.3 is 4.74 Å². The Balaban J connectivity index is 4.31. The third-order valence-electron chi connectivity index (χ3n) is 3.71. The number of ether oxygens (including phenoxy) is 1. The number of allylic oxidation sites excluding steroid dienone is 4. The van der Waals surface area contributed by atoms with E-state index in [9.17, 15) is 8.78 Å². The molecule has 3 unspecified atom stereocenters. The van der Waals surface area contributed by atoms with Gasteiger partial charge >= 0.3 is 0 Å². The first kappa shape index (κ1) is 19.0. The lowest BCUT2D eigenvalue weighted by molar-refractivity contribution is 0.0268. The van der Waals surface area contributed by atoms with E-state index in [1.807, 2.05) is 6.92 Å². The minimum Gasteiger partial charge on any atom is -0.378 e. The molecule has 0 spiro atoms. The molecule has 0 aromatic rings. The Kier molecular flexibility index (Phi) is 9.39. The van der Waals surface area contributed by atoms with Crippen LogP contribution in [0.25, 0.3) is 0 Å². The zero-order valence-electron chi connectivity index (χ0n) is 13.2. The van der Waals surface area contributed by atoms with E-state index >= 15 is 0 Å². The van der Waals surface area contributed by atoms with Gasteiger partial charge in [-0.05, 0) is 49.7 Å². The Morgan fingerprint density at radius 2 is 1.80 bits per heavy atom. The molecule has 0 bridgehead atoms. The van der Waals surface area contributed by atoms with Crippen LogP contribution in [0, 0.1) is 11.8 Å². The van der Waals surface area contributed by atoms with Crippen LogP contribution >= 0.6 is 0 Å². The Bertz CT molecular complexity index is 347. The fourth-order valence-corrected chi connectivity index (χ4v) is 1.85. The Labute approximate surface area is 122 Å². The lowest BCUT2D eigenvalue weighted by Gasteiger charge is -2.22. The molecule has 0 radical (unpaired) electrons. The molecule has 0 amide bonds. The highest BCUT2D eigenvalue weighted by Crippen LogP contribution is 2.28. The summed E-state index contributed by atoms with van der Waals surface area (Å²) in [4.78, 5) is 0. The average Bonchev–Trinajstić information content (AvgIpc) is 2.46. The van der Waals surface area contributed by atoms with E-state index in [0.717, 1.165) is 31.9 Å². The second-order valence-corrected chi connectivity index (χ2v) is 5.42. The first-order valence-electron chi connectivity index (χ1n) is 7.33. The van der Waals surface area contributed by atoms with Crippen molar-refractivity contribution in [3.05, 3.63) is 36.5 Å². The van der Waals surface area contributed by atoms with E-state index in [1.54, 1.807) is 0 Å². The highest BCUT2D eigenvalue weighted by molar-refractivity contribution is 5.30. The topological polar surface area (TPSA) is 9.23 Å². The molecule has 0 aliphatic rings. The van der Waals surface area contributed by atoms with E-state index in [4.69, 9.17) is 4.74 Å². The highest BCUT2D eigenvalue weighted by Gasteiger charge is 2.18. The molecular formula is C17H28F2O. The normalized spacial score (nSPS) is 17.1. The molecule has 0 aliphatic heterocycles. The quantitative estimate of drug-likeness (QED) is 0.465. The van der Waals surface area contributed by atoms with E-state index in [-0.39, 0.29) is 17.6 Å². The maximum absolute atomic E-state index is 13.6. The van der Waals surface area contributed by atoms with Crippen LogP contribution in [0.1, 0.15) is 47.0 Å². The van der Waals surface area contributed by atoms with Crippen molar-refractivity contribution in [1.29, 1.82) is 0 Å². The predicted octanol–water partition coefficient (Wildman–Crippen LogP) is 5.75. The Morgan fingerprint density at radius 3 is 2.30 bits per heavy atom. The van der Waals surface area contributed by atoms with Crippen molar-refractivity contribution in [1.82, 2.24) is 0 Å². The molecule has 0 aromatic heterocycles. The van der Waals surface area contributed by atoms with Crippen LogP contribution in [0.4, 0.5) is 8.78 Å². The van der Waals surface area contributed by atoms with Gasteiger partial charge in [-0.3, -0.25) is 0 Å². The average molecular weight is 286 g/mol. The van der Waals surface area contributed by atoms with Gasteiger partial charge in [0.15, 0.2) is 11.7 Å². The molecule has 0 fully saturated rings. The molecule has 0 saturated carbocycles. The molecular weight excluding hydrogens is 258 g/mol. The number of halogens is 2. The summed E-state index contributed by atoms with van der Waals surface area (Å²) in [6, 6.07) is 0. The van der Waals surface area contributed by atoms with Gasteiger partial charge in [0, 0.05) is 6.61 Å². The lowest BCUT2D eigenvalue weighted by atomic mass is 9.90. The maximum Gasteiger partial charge on any atom is 0.161 e. The van der Waals surface area contributed by atoms with Crippen LogP contribution in [0.3, 0.4) is 0 Å². The van der Waals surface area contributed by atoms with Crippen molar-refractivity contribution in [2.45, 2.75) is 53.1 Å². The molecule has 0 rings (SSSR count). The third kappa shape index (κ3) is 6.47. The number of hydrogen-bond acceptors (Lipinski definition) is 1. The minimum absolute atomic E-state index is 0.0958. The summed E-state index contributed by atoms with van der Waals surface area (Å²) >= 11 is 0. The van der Waals surface area contributed by atoms with Gasteiger partial charge in [-0.1, -0.05) is 33.9 Å². The molecule has 3 atom stereocenters. The lowest BCUT2D eigenvalue weighted by Crippen LogP contribution is -2.19. The minimum atomic E-state index is -0.936. The maximum atomic E-state index is 13.6. The summed E-state index contributed by atoms with van der Waals surface area (Å²) in [6.45, 7) is 15.7. The molecule has 0 N–H and O–H groups in total. The molecule has 20 heavy (non-hydrogen) atoms. The summed E-state index contributed by atoms with van der Waals surface area (Å²) in [6.07, 6.45) is 3.71. The second-order valence-electron chi connectivity index (χ2n) is 5.42. The van der Waals surface area contributed by atoms with Crippen molar-refractivity contribution < 1.29 is 13.5 Å². The van der Waals surface area contributed by atoms with Gasteiger partial charge in [-0.15, -0.1) is 0 Å². The molecule has 3 heteroatoms. The fraction of sp³-hybridized carbons (Fsp3) is 0.647. The molecule has 116 valence electrons. The second kappa shape index (κ2) is 9.87. The smallest absolute Gasteiger partial charge is 0.161 e. The monoisotopic (exact) mass is 286 g/mol. The van der Waals surface area contributed by atoms with Gasteiger partial charge in [0.05, 0.1) is 6.10 Å². The van der Waals surface area contributed by atoms with E-state index in [0.29, 0.717) is 5.92 Å². The number of hydrogen-bond donors (Lipinski definition) is 0. The van der Waals surface area contributed by atoms with Crippen LogP contribution < -0.4 is 0 Å². The van der Waals surface area contributed by atoms with Gasteiger partial charge in [0.25, 0.3) is 0 Å². The summed E-state index contributed by atoms with van der Waals surface area (Å²) in [5, 5.41) is 0. The van der Waals surface area contributed by atoms with Crippen molar-refractivity contribution in [3.63, 3.8) is 0 Å². The molecule has 0 aromatic carbocycles. The van der Waals surface area contributed by atoms with Crippen molar-refractivity contribution >= 4 is 0 Å². The summed E-state index contributed by atoms with van der Waals surface area (Å²) in [5.41, 5.74) is 0.205. The SMILES string of the molecule is C=C/C(F)=C(/F)C(=C)C(C)CCC(C)C(C)OCCC. The van der Waals surface area contributed by atoms with Crippen molar-refractivity contribution in [3.8, 4) is 0 Å². The molecule has 0 heterocycles. The Morgan fingerprint density at radius 1 is 1.20 bits per heavy atom. The summed E-state index contributed by atoms with van der Waals surface area (Å²) in [5.74, 6) is -1.53. The summed E-state index contributed by atoms with van der Waals surface area (Å²) < 4.78 is 32.4. The van der Waals surface area contributed by atoms with Gasteiger partial charge in [-0.25, -0.2) is 8.78 Å². The predicted molar refractivity (Wildman–Crippen MR) is 81.8 cm³/mol. The van der Waals surface area contributed by atoms with Crippen LogP contribution in [0.5, 0.6) is 0 Å². The van der Waals surface area contributed by atoms with E-state index in [2.05, 4.69) is 33.9 Å². The largest absolute Gasteiger partial charge is 0.378 e. The van der Waals surface area contributed by atoms with E-state index < -0.39 is 11.7 Å². The summed E-state index contributed by atoms with van der Waals surface area (Å²) in [7, 11) is 0. The van der Waals surface area contributed by atoms with Crippen LogP contribution in [-0.4, -0.2) is 12.7 Å². The molecule has 0 aliphatic carbocycles. The van der Waals surface area contributed by atoms with Crippen LogP contribution in [0.2, 0.25) is 0 Å². The van der Waals surface area contributed by atoms with Gasteiger partial charge in [-0.2, -0.15) is 0 Å². The highest BCUT2D eigenvalue weighted by atomic mass is 19.2. The van der Waals surface area contributed by atoms with Crippen LogP contribution in [-0.2, 0) is 4.74 Å².